The van der Waals surface area contributed by atoms with Crippen molar-refractivity contribution in [2.45, 2.75) is 97.2 Å². The fourth-order valence-electron chi connectivity index (χ4n) is 10.1. The lowest BCUT2D eigenvalue weighted by molar-refractivity contribution is -0.116. The van der Waals surface area contributed by atoms with Gasteiger partial charge in [-0.2, -0.15) is 11.8 Å². The molecule has 164 valence electrons. The van der Waals surface area contributed by atoms with Crippen LogP contribution in [0.15, 0.2) is 12.2 Å². The van der Waals surface area contributed by atoms with Crippen LogP contribution in [0.25, 0.3) is 0 Å². The monoisotopic (exact) mass is 414 g/mol. The number of hydrogen-bond donors (Lipinski definition) is 0. The van der Waals surface area contributed by atoms with Gasteiger partial charge in [-0.25, -0.2) is 0 Å². The maximum Gasteiger partial charge on any atom is 0.00473 e. The summed E-state index contributed by atoms with van der Waals surface area (Å²) in [5, 5.41) is 0.949. The summed E-state index contributed by atoms with van der Waals surface area (Å²) in [6, 6.07) is 0. The van der Waals surface area contributed by atoms with Crippen molar-refractivity contribution < 1.29 is 0 Å². The molecule has 0 aromatic heterocycles. The molecule has 0 bridgehead atoms. The van der Waals surface area contributed by atoms with Gasteiger partial charge in [-0.05, 0) is 136 Å². The van der Waals surface area contributed by atoms with E-state index in [0.29, 0.717) is 5.41 Å². The molecule has 11 unspecified atom stereocenters. The number of thioether (sulfide) groups is 1. The van der Waals surface area contributed by atoms with E-state index in [0.717, 1.165) is 58.0 Å². The van der Waals surface area contributed by atoms with Gasteiger partial charge in [-0.1, -0.05) is 26.3 Å². The van der Waals surface area contributed by atoms with Crippen molar-refractivity contribution in [2.24, 2.45) is 58.2 Å². The van der Waals surface area contributed by atoms with Crippen LogP contribution in [0.5, 0.6) is 0 Å². The quantitative estimate of drug-likeness (QED) is 0.408. The molecule has 5 aliphatic rings. The Balaban J connectivity index is 1.38. The van der Waals surface area contributed by atoms with Crippen LogP contribution in [0.1, 0.15) is 91.9 Å². The predicted molar refractivity (Wildman–Crippen MR) is 128 cm³/mol. The minimum absolute atomic E-state index is 0.668. The molecule has 29 heavy (non-hydrogen) atoms. The summed E-state index contributed by atoms with van der Waals surface area (Å²) < 4.78 is 0. The summed E-state index contributed by atoms with van der Waals surface area (Å²) in [7, 11) is 0. The molecular weight excluding hydrogens is 368 g/mol. The van der Waals surface area contributed by atoms with Crippen molar-refractivity contribution >= 4 is 11.8 Å². The number of hydrogen-bond acceptors (Lipinski definition) is 1. The van der Waals surface area contributed by atoms with E-state index in [2.05, 4.69) is 52.3 Å². The molecule has 5 aliphatic carbocycles. The Hall–Kier alpha value is 0.0900. The largest absolute Gasteiger partial charge is 0.162 e. The third-order valence-corrected chi connectivity index (χ3v) is 12.6. The van der Waals surface area contributed by atoms with E-state index in [1.54, 1.807) is 32.1 Å². The van der Waals surface area contributed by atoms with Crippen molar-refractivity contribution in [3.8, 4) is 0 Å². The normalized spacial score (nSPS) is 54.0. The minimum Gasteiger partial charge on any atom is -0.162 e. The highest BCUT2D eigenvalue weighted by atomic mass is 32.2. The van der Waals surface area contributed by atoms with Gasteiger partial charge in [0.1, 0.15) is 0 Å². The van der Waals surface area contributed by atoms with E-state index in [4.69, 9.17) is 0 Å². The van der Waals surface area contributed by atoms with E-state index in [1.807, 2.05) is 0 Å². The summed E-state index contributed by atoms with van der Waals surface area (Å²) in [6.45, 7) is 14.4. The average molecular weight is 415 g/mol. The van der Waals surface area contributed by atoms with Gasteiger partial charge >= 0.3 is 0 Å². The van der Waals surface area contributed by atoms with Crippen molar-refractivity contribution in [3.05, 3.63) is 12.2 Å². The topological polar surface area (TPSA) is 0 Å². The van der Waals surface area contributed by atoms with Gasteiger partial charge in [0.15, 0.2) is 0 Å². The molecule has 0 saturated heterocycles. The Labute approximate surface area is 185 Å². The first-order valence-electron chi connectivity index (χ1n) is 13.0. The molecule has 0 heterocycles. The zero-order valence-electron chi connectivity index (χ0n) is 19.9. The number of allylic oxidation sites excluding steroid dienone is 1. The van der Waals surface area contributed by atoms with Gasteiger partial charge in [0, 0.05) is 5.25 Å². The molecular formula is C28H46S. The summed E-state index contributed by atoms with van der Waals surface area (Å²) in [6.07, 6.45) is 17.4. The minimum atomic E-state index is 0.668. The Morgan fingerprint density at radius 3 is 2.62 bits per heavy atom. The first kappa shape index (κ1) is 21.0. The van der Waals surface area contributed by atoms with Gasteiger partial charge in [0.05, 0.1) is 0 Å². The zero-order valence-corrected chi connectivity index (χ0v) is 20.7. The van der Waals surface area contributed by atoms with Crippen molar-refractivity contribution in [1.29, 1.82) is 0 Å². The molecule has 0 nitrogen and oxygen atoms in total. The van der Waals surface area contributed by atoms with Gasteiger partial charge in [-0.15, -0.1) is 6.58 Å². The lowest BCUT2D eigenvalue weighted by Crippen LogP contribution is -2.54. The van der Waals surface area contributed by atoms with E-state index >= 15 is 0 Å². The Bertz CT molecular complexity index is 653. The van der Waals surface area contributed by atoms with Crippen LogP contribution < -0.4 is 0 Å². The SMILES string of the molecule is C=C(C)CCC(C)C1CCC2C3C(C)CC4CC(SC)CCC4(C)C3CC3CC312. The van der Waals surface area contributed by atoms with Crippen LogP contribution >= 0.6 is 11.8 Å². The Kier molecular flexibility index (Phi) is 5.29. The van der Waals surface area contributed by atoms with Crippen molar-refractivity contribution in [1.82, 2.24) is 0 Å². The summed E-state index contributed by atoms with van der Waals surface area (Å²) in [5.41, 5.74) is 2.84. The Morgan fingerprint density at radius 1 is 1.10 bits per heavy atom. The first-order valence-corrected chi connectivity index (χ1v) is 14.3. The summed E-state index contributed by atoms with van der Waals surface area (Å²) >= 11 is 2.16. The van der Waals surface area contributed by atoms with Crippen LogP contribution in [0.2, 0.25) is 0 Å². The van der Waals surface area contributed by atoms with E-state index in [-0.39, 0.29) is 0 Å². The smallest absolute Gasteiger partial charge is 0.00473 e. The van der Waals surface area contributed by atoms with Crippen LogP contribution in [0.4, 0.5) is 0 Å². The van der Waals surface area contributed by atoms with E-state index in [1.165, 1.54) is 37.7 Å². The van der Waals surface area contributed by atoms with Gasteiger partial charge in [0.25, 0.3) is 0 Å². The molecule has 0 radical (unpaired) electrons. The molecule has 5 rings (SSSR count). The molecule has 5 fully saturated rings. The zero-order chi connectivity index (χ0) is 20.6. The molecule has 0 aliphatic heterocycles. The fourth-order valence-corrected chi connectivity index (χ4v) is 10.9. The van der Waals surface area contributed by atoms with Gasteiger partial charge in [0.2, 0.25) is 0 Å². The lowest BCUT2D eigenvalue weighted by atomic mass is 9.44. The molecule has 0 amide bonds. The highest BCUT2D eigenvalue weighted by Gasteiger charge is 2.73. The summed E-state index contributed by atoms with van der Waals surface area (Å²) in [5.74, 6) is 8.22. The lowest BCUT2D eigenvalue weighted by Gasteiger charge is -2.61. The molecule has 1 spiro atoms. The maximum atomic E-state index is 4.18. The third-order valence-electron chi connectivity index (χ3n) is 11.5. The molecule has 5 saturated carbocycles. The molecule has 1 heteroatoms. The van der Waals surface area contributed by atoms with Crippen molar-refractivity contribution in [3.63, 3.8) is 0 Å². The first-order chi connectivity index (χ1) is 13.8. The number of rotatable bonds is 5. The van der Waals surface area contributed by atoms with Gasteiger partial charge < -0.3 is 0 Å². The second-order valence-electron chi connectivity index (χ2n) is 12.7. The third kappa shape index (κ3) is 3.06. The van der Waals surface area contributed by atoms with E-state index < -0.39 is 0 Å². The van der Waals surface area contributed by atoms with Gasteiger partial charge in [-0.3, -0.25) is 0 Å². The highest BCUT2D eigenvalue weighted by molar-refractivity contribution is 7.99. The van der Waals surface area contributed by atoms with Crippen LogP contribution in [-0.2, 0) is 0 Å². The maximum absolute atomic E-state index is 4.18. The molecule has 0 N–H and O–H groups in total. The fraction of sp³-hybridized carbons (Fsp3) is 0.929. The predicted octanol–water partition coefficient (Wildman–Crippen LogP) is 8.23. The average Bonchev–Trinajstić information content (AvgIpc) is 3.29. The van der Waals surface area contributed by atoms with Crippen molar-refractivity contribution in [2.75, 3.05) is 6.26 Å². The van der Waals surface area contributed by atoms with Crippen LogP contribution in [-0.4, -0.2) is 11.5 Å². The number of fused-ring (bicyclic) bond motifs is 4. The highest BCUT2D eigenvalue weighted by Crippen LogP contribution is 2.80. The summed E-state index contributed by atoms with van der Waals surface area (Å²) in [4.78, 5) is 0. The standard InChI is InChI=1S/C28H46S/c1-17(2)7-8-18(3)23-9-10-24-26-19(4)13-20-14-22(29-6)11-12-27(20,5)25(26)15-21-16-28(21,23)24/h18-26H,1,7-16H2,2-6H3. The Morgan fingerprint density at radius 2 is 1.90 bits per heavy atom. The molecule has 0 aromatic rings. The molecule has 11 atom stereocenters. The van der Waals surface area contributed by atoms with Crippen LogP contribution in [0, 0.1) is 58.2 Å². The van der Waals surface area contributed by atoms with E-state index in [9.17, 15) is 0 Å². The van der Waals surface area contributed by atoms with Crippen LogP contribution in [0.3, 0.4) is 0 Å². The molecule has 0 aromatic carbocycles. The second-order valence-corrected chi connectivity index (χ2v) is 13.9. The second kappa shape index (κ2) is 7.31.